The predicted octanol–water partition coefficient (Wildman–Crippen LogP) is 4.85. The van der Waals surface area contributed by atoms with Gasteiger partial charge in [0, 0.05) is 86.8 Å². The number of hydrogen-bond acceptors (Lipinski definition) is 9. The number of fused-ring (bicyclic) bond motifs is 1. The van der Waals surface area contributed by atoms with Crippen LogP contribution < -0.4 is 20.0 Å². The molecule has 5 fully saturated rings. The van der Waals surface area contributed by atoms with Crippen LogP contribution in [0, 0.1) is 22.2 Å². The Hall–Kier alpha value is -5.41. The van der Waals surface area contributed by atoms with Crippen molar-refractivity contribution in [3.8, 4) is 6.07 Å². The fourth-order valence-electron chi connectivity index (χ4n) is 9.69. The Kier molecular flexibility index (Phi) is 8.61. The van der Waals surface area contributed by atoms with E-state index < -0.39 is 29.7 Å². The van der Waals surface area contributed by atoms with Crippen LogP contribution in [0.4, 0.5) is 17.1 Å². The fourth-order valence-corrected chi connectivity index (χ4v) is 9.91. The summed E-state index contributed by atoms with van der Waals surface area (Å²) in [6.07, 6.45) is 5.31. The first-order chi connectivity index (χ1) is 26.5. The van der Waals surface area contributed by atoms with Crippen LogP contribution >= 0.6 is 11.6 Å². The third-order valence-electron chi connectivity index (χ3n) is 13.1. The summed E-state index contributed by atoms with van der Waals surface area (Å²) in [5, 5.41) is 11.9. The SMILES string of the molecule is N#Cc1ccc(N2CCC3(CCN(C(=O)c4ccc(N5CCC6(CC5)CN(c5ccc7c(c5)C(=O)N(C5CCC(=O)NC5=O)C7=O)C6)cc4)CC3)C2)cc1Cl. The molecule has 0 saturated carbocycles. The molecule has 5 saturated heterocycles. The molecule has 9 rings (SSSR count). The molecule has 6 aliphatic rings. The highest BCUT2D eigenvalue weighted by atomic mass is 35.5. The lowest BCUT2D eigenvalue weighted by Crippen LogP contribution is -2.60. The maximum Gasteiger partial charge on any atom is 0.262 e. The van der Waals surface area contributed by atoms with Crippen molar-refractivity contribution in [2.75, 3.05) is 67.1 Å². The molecule has 282 valence electrons. The molecule has 0 aliphatic carbocycles. The van der Waals surface area contributed by atoms with Gasteiger partial charge in [0.25, 0.3) is 17.7 Å². The van der Waals surface area contributed by atoms with Crippen LogP contribution in [-0.2, 0) is 9.59 Å². The van der Waals surface area contributed by atoms with Crippen molar-refractivity contribution in [3.05, 3.63) is 87.9 Å². The average molecular weight is 760 g/mol. The first kappa shape index (κ1) is 35.3. The largest absolute Gasteiger partial charge is 0.371 e. The average Bonchev–Trinajstić information content (AvgIpc) is 3.71. The lowest BCUT2D eigenvalue weighted by molar-refractivity contribution is -0.136. The van der Waals surface area contributed by atoms with Crippen LogP contribution in [0.3, 0.4) is 0 Å². The zero-order valence-electron chi connectivity index (χ0n) is 30.6. The Balaban J connectivity index is 0.757. The van der Waals surface area contributed by atoms with Gasteiger partial charge >= 0.3 is 0 Å². The van der Waals surface area contributed by atoms with E-state index in [1.165, 1.54) is 0 Å². The number of nitrogens with zero attached hydrogens (tertiary/aromatic N) is 6. The van der Waals surface area contributed by atoms with Crippen molar-refractivity contribution < 1.29 is 24.0 Å². The molecule has 5 amide bonds. The lowest BCUT2D eigenvalue weighted by atomic mass is 9.71. The molecule has 55 heavy (non-hydrogen) atoms. The summed E-state index contributed by atoms with van der Waals surface area (Å²) in [5.41, 5.74) is 5.24. The third kappa shape index (κ3) is 6.18. The highest BCUT2D eigenvalue weighted by Gasteiger charge is 2.48. The second-order valence-corrected chi connectivity index (χ2v) is 16.7. The zero-order chi connectivity index (χ0) is 38.1. The van der Waals surface area contributed by atoms with Gasteiger partial charge in [0.1, 0.15) is 12.1 Å². The van der Waals surface area contributed by atoms with Gasteiger partial charge in [-0.3, -0.25) is 34.2 Å². The molecule has 3 aromatic carbocycles. The van der Waals surface area contributed by atoms with E-state index in [9.17, 15) is 29.2 Å². The van der Waals surface area contributed by atoms with E-state index in [4.69, 9.17) is 11.6 Å². The first-order valence-electron chi connectivity index (χ1n) is 19.2. The Morgan fingerprint density at radius 2 is 1.31 bits per heavy atom. The van der Waals surface area contributed by atoms with E-state index in [0.29, 0.717) is 21.7 Å². The van der Waals surface area contributed by atoms with Crippen LogP contribution in [0.5, 0.6) is 0 Å². The topological polar surface area (TPSA) is 137 Å². The monoisotopic (exact) mass is 759 g/mol. The number of nitriles is 1. The van der Waals surface area contributed by atoms with Crippen molar-refractivity contribution in [3.63, 3.8) is 0 Å². The summed E-state index contributed by atoms with van der Waals surface area (Å²) in [7, 11) is 0. The predicted molar refractivity (Wildman–Crippen MR) is 206 cm³/mol. The number of nitrogens with one attached hydrogen (secondary N) is 1. The van der Waals surface area contributed by atoms with Crippen molar-refractivity contribution >= 4 is 58.2 Å². The molecule has 0 bridgehead atoms. The molecule has 2 spiro atoms. The number of piperidine rings is 3. The number of anilines is 3. The normalized spacial score (nSPS) is 22.9. The van der Waals surface area contributed by atoms with Crippen LogP contribution in [0.2, 0.25) is 5.02 Å². The van der Waals surface area contributed by atoms with Gasteiger partial charge in [-0.15, -0.1) is 0 Å². The Labute approximate surface area is 324 Å². The fraction of sp³-hybridized carbons (Fsp3) is 0.429. The van der Waals surface area contributed by atoms with Crippen molar-refractivity contribution in [2.45, 2.75) is 51.0 Å². The summed E-state index contributed by atoms with van der Waals surface area (Å²) in [4.78, 5) is 74.0. The van der Waals surface area contributed by atoms with E-state index in [1.807, 2.05) is 35.2 Å². The van der Waals surface area contributed by atoms with Crippen molar-refractivity contribution in [1.29, 1.82) is 5.26 Å². The molecule has 0 radical (unpaired) electrons. The summed E-state index contributed by atoms with van der Waals surface area (Å²) in [6.45, 7) is 6.94. The van der Waals surface area contributed by atoms with E-state index in [2.05, 4.69) is 38.2 Å². The Morgan fingerprint density at radius 1 is 0.709 bits per heavy atom. The Bertz CT molecular complexity index is 2160. The molecule has 12 nitrogen and oxygen atoms in total. The minimum Gasteiger partial charge on any atom is -0.371 e. The van der Waals surface area contributed by atoms with E-state index in [1.54, 1.807) is 18.2 Å². The quantitative estimate of drug-likeness (QED) is 0.362. The highest BCUT2D eigenvalue weighted by Crippen LogP contribution is 2.45. The zero-order valence-corrected chi connectivity index (χ0v) is 31.3. The van der Waals surface area contributed by atoms with Crippen LogP contribution in [0.15, 0.2) is 60.7 Å². The van der Waals surface area contributed by atoms with E-state index in [0.717, 1.165) is 112 Å². The summed E-state index contributed by atoms with van der Waals surface area (Å²) in [5.74, 6) is -1.89. The van der Waals surface area contributed by atoms with Gasteiger partial charge in [0.15, 0.2) is 0 Å². The van der Waals surface area contributed by atoms with E-state index in [-0.39, 0.29) is 29.6 Å². The number of rotatable bonds is 5. The van der Waals surface area contributed by atoms with Crippen LogP contribution in [0.1, 0.15) is 81.6 Å². The van der Waals surface area contributed by atoms with Crippen LogP contribution in [0.25, 0.3) is 0 Å². The van der Waals surface area contributed by atoms with Gasteiger partial charge in [0.05, 0.1) is 21.7 Å². The summed E-state index contributed by atoms with van der Waals surface area (Å²) >= 11 is 6.31. The Morgan fingerprint density at radius 3 is 2.00 bits per heavy atom. The van der Waals surface area contributed by atoms with Gasteiger partial charge in [-0.2, -0.15) is 5.26 Å². The molecule has 0 aromatic heterocycles. The van der Waals surface area contributed by atoms with Gasteiger partial charge in [-0.1, -0.05) is 11.6 Å². The standard InChI is InChI=1S/C42H42ClN7O5/c43-34-22-31(6-3-28(34)23-44)48-20-13-41(24-48)11-18-47(19-12-41)38(53)27-1-4-29(5-2-27)46-16-14-42(15-17-46)25-49(26-42)30-7-8-32-33(21-30)40(55)50(39(32)54)35-9-10-36(51)45-37(35)52/h1-8,21-22,35H,9-20,24-26H2,(H,45,51,52). The maximum atomic E-state index is 13.6. The van der Waals surface area contributed by atoms with E-state index >= 15 is 0 Å². The van der Waals surface area contributed by atoms with Gasteiger partial charge < -0.3 is 19.6 Å². The van der Waals surface area contributed by atoms with Gasteiger partial charge in [-0.05, 0) is 105 Å². The maximum absolute atomic E-state index is 13.6. The minimum absolute atomic E-state index is 0.0867. The summed E-state index contributed by atoms with van der Waals surface area (Å²) < 4.78 is 0. The smallest absolute Gasteiger partial charge is 0.262 e. The first-order valence-corrected chi connectivity index (χ1v) is 19.6. The number of likely N-dealkylation sites (tertiary alicyclic amines) is 1. The van der Waals surface area contributed by atoms with Crippen molar-refractivity contribution in [1.82, 2.24) is 15.1 Å². The third-order valence-corrected chi connectivity index (χ3v) is 13.4. The molecule has 13 heteroatoms. The number of benzene rings is 3. The van der Waals surface area contributed by atoms with Crippen molar-refractivity contribution in [2.24, 2.45) is 10.8 Å². The number of imide groups is 2. The molecule has 6 heterocycles. The highest BCUT2D eigenvalue weighted by molar-refractivity contribution is 6.32. The number of carbonyl (C=O) groups excluding carboxylic acids is 5. The lowest BCUT2D eigenvalue weighted by Gasteiger charge is -2.55. The number of amides is 5. The second-order valence-electron chi connectivity index (χ2n) is 16.3. The molecule has 1 atom stereocenters. The molecular formula is C42H42ClN7O5. The molecule has 1 unspecified atom stereocenters. The van der Waals surface area contributed by atoms with Crippen LogP contribution in [-0.4, -0.2) is 97.7 Å². The van der Waals surface area contributed by atoms with Gasteiger partial charge in [0.2, 0.25) is 11.8 Å². The number of carbonyl (C=O) groups is 5. The molecule has 1 N–H and O–H groups in total. The molecular weight excluding hydrogens is 718 g/mol. The van der Waals surface area contributed by atoms with Gasteiger partial charge in [-0.25, -0.2) is 0 Å². The number of hydrogen-bond donors (Lipinski definition) is 1. The number of halogens is 1. The molecule has 6 aliphatic heterocycles. The minimum atomic E-state index is -0.973. The second kappa shape index (κ2) is 13.4. The molecule has 3 aromatic rings. The summed E-state index contributed by atoms with van der Waals surface area (Å²) in [6, 6.07) is 20.2.